The minimum absolute atomic E-state index is 0.165. The fraction of sp³-hybridized carbons (Fsp3) is 0.583. The normalized spacial score (nSPS) is 21.1. The van der Waals surface area contributed by atoms with Crippen molar-refractivity contribution >= 4 is 28.8 Å². The molecule has 1 atom stereocenters. The Balaban J connectivity index is 2.17. The Kier molecular flexibility index (Phi) is 3.87. The summed E-state index contributed by atoms with van der Waals surface area (Å²) in [6, 6.07) is 2.22. The van der Waals surface area contributed by atoms with Gasteiger partial charge in [-0.3, -0.25) is 4.79 Å². The lowest BCUT2D eigenvalue weighted by molar-refractivity contribution is 0.0643. The van der Waals surface area contributed by atoms with E-state index in [1.165, 1.54) is 17.8 Å². The van der Waals surface area contributed by atoms with Crippen LogP contribution in [0.25, 0.3) is 0 Å². The molecule has 1 saturated heterocycles. The number of nitrogens with zero attached hydrogens (tertiary/aromatic N) is 1. The lowest BCUT2D eigenvalue weighted by Gasteiger charge is -2.34. The molecule has 1 fully saturated rings. The summed E-state index contributed by atoms with van der Waals surface area (Å²) in [6.45, 7) is 2.84. The second kappa shape index (κ2) is 5.19. The summed E-state index contributed by atoms with van der Waals surface area (Å²) < 4.78 is 0. The van der Waals surface area contributed by atoms with Crippen LogP contribution < -0.4 is 0 Å². The molecule has 0 bridgehead atoms. The SMILES string of the molecule is Cc1ccsc1C(=O)N1CCCCC1CCl. The van der Waals surface area contributed by atoms with Gasteiger partial charge in [0.2, 0.25) is 0 Å². The van der Waals surface area contributed by atoms with E-state index in [9.17, 15) is 4.79 Å². The van der Waals surface area contributed by atoms with E-state index in [4.69, 9.17) is 11.6 Å². The first-order valence-corrected chi connectivity index (χ1v) is 7.06. The summed E-state index contributed by atoms with van der Waals surface area (Å²) in [5.74, 6) is 0.716. The molecule has 0 spiro atoms. The molecular weight excluding hydrogens is 242 g/mol. The molecule has 0 radical (unpaired) electrons. The Morgan fingerprint density at radius 1 is 1.62 bits per heavy atom. The van der Waals surface area contributed by atoms with Gasteiger partial charge in [-0.05, 0) is 43.2 Å². The molecule has 0 aliphatic carbocycles. The third-order valence-electron chi connectivity index (χ3n) is 3.12. The minimum Gasteiger partial charge on any atom is -0.334 e. The van der Waals surface area contributed by atoms with E-state index in [0.717, 1.165) is 29.8 Å². The first kappa shape index (κ1) is 11.9. The molecule has 1 aromatic rings. The third kappa shape index (κ3) is 2.25. The number of likely N-dealkylation sites (tertiary alicyclic amines) is 1. The largest absolute Gasteiger partial charge is 0.334 e. The first-order valence-electron chi connectivity index (χ1n) is 5.65. The maximum Gasteiger partial charge on any atom is 0.264 e. The number of aryl methyl sites for hydroxylation is 1. The first-order chi connectivity index (χ1) is 7.74. The van der Waals surface area contributed by atoms with Crippen molar-refractivity contribution in [1.82, 2.24) is 4.90 Å². The highest BCUT2D eigenvalue weighted by atomic mass is 35.5. The van der Waals surface area contributed by atoms with Crippen molar-refractivity contribution in [3.63, 3.8) is 0 Å². The van der Waals surface area contributed by atoms with Gasteiger partial charge in [-0.25, -0.2) is 0 Å². The van der Waals surface area contributed by atoms with Gasteiger partial charge in [0.1, 0.15) is 0 Å². The summed E-state index contributed by atoms with van der Waals surface area (Å²) in [5, 5.41) is 1.97. The van der Waals surface area contributed by atoms with E-state index in [-0.39, 0.29) is 11.9 Å². The Bertz CT molecular complexity index is 377. The van der Waals surface area contributed by atoms with Gasteiger partial charge in [0.05, 0.1) is 4.88 Å². The summed E-state index contributed by atoms with van der Waals surface area (Å²) in [4.78, 5) is 15.2. The number of carbonyl (C=O) groups excluding carboxylic acids is 1. The van der Waals surface area contributed by atoms with Crippen LogP contribution >= 0.6 is 22.9 Å². The smallest absolute Gasteiger partial charge is 0.264 e. The second-order valence-electron chi connectivity index (χ2n) is 4.24. The zero-order chi connectivity index (χ0) is 11.5. The van der Waals surface area contributed by atoms with Crippen LogP contribution in [0.5, 0.6) is 0 Å². The van der Waals surface area contributed by atoms with Gasteiger partial charge in [0.15, 0.2) is 0 Å². The van der Waals surface area contributed by atoms with Crippen molar-refractivity contribution in [2.45, 2.75) is 32.2 Å². The van der Waals surface area contributed by atoms with Crippen LogP contribution in [0.1, 0.15) is 34.5 Å². The molecule has 1 aliphatic rings. The maximum absolute atomic E-state index is 12.3. The molecule has 1 amide bonds. The van der Waals surface area contributed by atoms with Crippen LogP contribution in [-0.4, -0.2) is 29.3 Å². The maximum atomic E-state index is 12.3. The van der Waals surface area contributed by atoms with Crippen LogP contribution in [-0.2, 0) is 0 Å². The second-order valence-corrected chi connectivity index (χ2v) is 5.46. The number of carbonyl (C=O) groups is 1. The highest BCUT2D eigenvalue weighted by Crippen LogP contribution is 2.24. The number of alkyl halides is 1. The van der Waals surface area contributed by atoms with Crippen molar-refractivity contribution in [2.24, 2.45) is 0 Å². The lowest BCUT2D eigenvalue weighted by atomic mass is 10.0. The Hall–Kier alpha value is -0.540. The van der Waals surface area contributed by atoms with E-state index in [2.05, 4.69) is 0 Å². The van der Waals surface area contributed by atoms with Gasteiger partial charge in [-0.2, -0.15) is 0 Å². The van der Waals surface area contributed by atoms with Crippen molar-refractivity contribution < 1.29 is 4.79 Å². The zero-order valence-electron chi connectivity index (χ0n) is 9.41. The van der Waals surface area contributed by atoms with E-state index in [1.54, 1.807) is 0 Å². The van der Waals surface area contributed by atoms with E-state index >= 15 is 0 Å². The molecule has 2 nitrogen and oxygen atoms in total. The fourth-order valence-corrected chi connectivity index (χ4v) is 3.35. The molecule has 1 unspecified atom stereocenters. The monoisotopic (exact) mass is 257 g/mol. The third-order valence-corrected chi connectivity index (χ3v) is 4.48. The van der Waals surface area contributed by atoms with E-state index in [0.29, 0.717) is 5.88 Å². The van der Waals surface area contributed by atoms with Crippen molar-refractivity contribution in [3.8, 4) is 0 Å². The molecule has 4 heteroatoms. The summed E-state index contributed by atoms with van der Waals surface area (Å²) in [5.41, 5.74) is 1.08. The topological polar surface area (TPSA) is 20.3 Å². The molecule has 1 aromatic heterocycles. The van der Waals surface area contributed by atoms with Gasteiger partial charge in [-0.1, -0.05) is 0 Å². The standard InChI is InChI=1S/C12H16ClNOS/c1-9-5-7-16-11(9)12(15)14-6-3-2-4-10(14)8-13/h5,7,10H,2-4,6,8H2,1H3. The number of hydrogen-bond acceptors (Lipinski definition) is 2. The van der Waals surface area contributed by atoms with Crippen LogP contribution in [0.3, 0.4) is 0 Å². The van der Waals surface area contributed by atoms with Crippen molar-refractivity contribution in [3.05, 3.63) is 21.9 Å². The predicted molar refractivity (Wildman–Crippen MR) is 68.5 cm³/mol. The minimum atomic E-state index is 0.165. The molecule has 2 rings (SSSR count). The highest BCUT2D eigenvalue weighted by Gasteiger charge is 2.27. The molecule has 0 N–H and O–H groups in total. The van der Waals surface area contributed by atoms with Crippen molar-refractivity contribution in [1.29, 1.82) is 0 Å². The highest BCUT2D eigenvalue weighted by molar-refractivity contribution is 7.12. The number of rotatable bonds is 2. The number of halogens is 1. The fourth-order valence-electron chi connectivity index (χ4n) is 2.15. The van der Waals surface area contributed by atoms with E-state index in [1.807, 2.05) is 23.3 Å². The number of piperidine rings is 1. The van der Waals surface area contributed by atoms with Crippen LogP contribution in [0.2, 0.25) is 0 Å². The summed E-state index contributed by atoms with van der Waals surface area (Å²) in [7, 11) is 0. The van der Waals surface area contributed by atoms with Gasteiger partial charge < -0.3 is 4.90 Å². The Morgan fingerprint density at radius 2 is 2.44 bits per heavy atom. The summed E-state index contributed by atoms with van der Waals surface area (Å²) in [6.07, 6.45) is 3.33. The number of amides is 1. The molecule has 2 heterocycles. The van der Waals surface area contributed by atoms with Crippen molar-refractivity contribution in [2.75, 3.05) is 12.4 Å². The van der Waals surface area contributed by atoms with Crippen LogP contribution in [0.4, 0.5) is 0 Å². The Morgan fingerprint density at radius 3 is 3.06 bits per heavy atom. The molecule has 16 heavy (non-hydrogen) atoms. The average Bonchev–Trinajstić information content (AvgIpc) is 2.74. The van der Waals surface area contributed by atoms with Gasteiger partial charge >= 0.3 is 0 Å². The van der Waals surface area contributed by atoms with Crippen LogP contribution in [0, 0.1) is 6.92 Å². The summed E-state index contributed by atoms with van der Waals surface area (Å²) >= 11 is 7.46. The molecule has 88 valence electrons. The lowest BCUT2D eigenvalue weighted by Crippen LogP contribution is -2.44. The molecule has 0 aromatic carbocycles. The van der Waals surface area contributed by atoms with Gasteiger partial charge in [0.25, 0.3) is 5.91 Å². The van der Waals surface area contributed by atoms with Crippen LogP contribution in [0.15, 0.2) is 11.4 Å². The van der Waals surface area contributed by atoms with Gasteiger partial charge in [-0.15, -0.1) is 22.9 Å². The number of thiophene rings is 1. The molecule has 0 saturated carbocycles. The quantitative estimate of drug-likeness (QED) is 0.745. The predicted octanol–water partition coefficient (Wildman–Crippen LogP) is 3.29. The molecular formula is C12H16ClNOS. The zero-order valence-corrected chi connectivity index (χ0v) is 11.0. The average molecular weight is 258 g/mol. The number of hydrogen-bond donors (Lipinski definition) is 0. The van der Waals surface area contributed by atoms with E-state index < -0.39 is 0 Å². The molecule has 1 aliphatic heterocycles. The Labute approximate surface area is 105 Å². The van der Waals surface area contributed by atoms with Gasteiger partial charge in [0, 0.05) is 18.5 Å².